The fourth-order valence-corrected chi connectivity index (χ4v) is 3.32. The third-order valence-corrected chi connectivity index (χ3v) is 4.27. The zero-order valence-electron chi connectivity index (χ0n) is 12.4. The summed E-state index contributed by atoms with van der Waals surface area (Å²) in [5.74, 6) is 0.649. The van der Waals surface area contributed by atoms with Crippen molar-refractivity contribution in [3.05, 3.63) is 52.5 Å². The molecule has 0 aliphatic heterocycles. The molecule has 120 valence electrons. The number of halogens is 2. The second-order valence-electron chi connectivity index (χ2n) is 5.05. The largest absolute Gasteiger partial charge is 0.307 e. The summed E-state index contributed by atoms with van der Waals surface area (Å²) in [5.41, 5.74) is 2.44. The van der Waals surface area contributed by atoms with Gasteiger partial charge in [-0.05, 0) is 42.8 Å². The topological polar surface area (TPSA) is 68.0 Å². The van der Waals surface area contributed by atoms with Crippen LogP contribution in [-0.4, -0.2) is 24.6 Å². The van der Waals surface area contributed by atoms with Crippen LogP contribution in [0, 0.1) is 12.7 Å². The van der Waals surface area contributed by atoms with E-state index in [0.717, 1.165) is 17.0 Å². The lowest BCUT2D eigenvalue weighted by Gasteiger charge is -2.02. The van der Waals surface area contributed by atoms with E-state index in [1.165, 1.54) is 23.5 Å². The molecule has 0 aliphatic rings. The number of nitrogens with zero attached hydrogens (tertiary/aromatic N) is 5. The molecule has 0 saturated carbocycles. The average Bonchev–Trinajstić information content (AvgIpc) is 3.07. The summed E-state index contributed by atoms with van der Waals surface area (Å²) >= 11 is 7.30. The maximum absolute atomic E-state index is 13.1. The summed E-state index contributed by atoms with van der Waals surface area (Å²) in [4.78, 5) is 13.2. The molecule has 0 bridgehead atoms. The Balaban J connectivity index is 1.70. The summed E-state index contributed by atoms with van der Waals surface area (Å²) in [6.07, 6.45) is 0. The third kappa shape index (κ3) is 2.81. The van der Waals surface area contributed by atoms with Crippen molar-refractivity contribution in [3.63, 3.8) is 0 Å². The van der Waals surface area contributed by atoms with Crippen LogP contribution in [-0.2, 0) is 0 Å². The fourth-order valence-electron chi connectivity index (χ4n) is 2.26. The molecule has 0 atom stereocenters. The second-order valence-corrected chi connectivity index (χ2v) is 6.22. The van der Waals surface area contributed by atoms with Crippen LogP contribution in [0.3, 0.4) is 0 Å². The standard InChI is InChI=1S/C15H10ClFN6S/c1-8-6-12(19-13(16)18-8)20-14-21-15-23(22-14)11(7-24-15)9-2-4-10(17)5-3-9/h2-7H,1H3,(H,18,19,20,22). The highest BCUT2D eigenvalue weighted by atomic mass is 35.5. The number of anilines is 2. The molecule has 4 aromatic rings. The Labute approximate surface area is 145 Å². The van der Waals surface area contributed by atoms with E-state index in [0.29, 0.717) is 16.7 Å². The predicted molar refractivity (Wildman–Crippen MR) is 91.3 cm³/mol. The molecule has 0 saturated heterocycles. The van der Waals surface area contributed by atoms with Crippen molar-refractivity contribution in [2.24, 2.45) is 0 Å². The fraction of sp³-hybridized carbons (Fsp3) is 0.0667. The zero-order valence-corrected chi connectivity index (χ0v) is 13.9. The lowest BCUT2D eigenvalue weighted by molar-refractivity contribution is 0.628. The molecule has 0 fully saturated rings. The minimum Gasteiger partial charge on any atom is -0.307 e. The van der Waals surface area contributed by atoms with Gasteiger partial charge in [0, 0.05) is 22.7 Å². The smallest absolute Gasteiger partial charge is 0.249 e. The number of thiazole rings is 1. The summed E-state index contributed by atoms with van der Waals surface area (Å²) in [6, 6.07) is 8.00. The number of benzene rings is 1. The quantitative estimate of drug-likeness (QED) is 0.557. The Bertz CT molecular complexity index is 1010. The minimum atomic E-state index is -0.276. The highest BCUT2D eigenvalue weighted by Crippen LogP contribution is 2.26. The SMILES string of the molecule is Cc1cc(Nc2nc3scc(-c4ccc(F)cc4)n3n2)nc(Cl)n1. The number of rotatable bonds is 3. The zero-order chi connectivity index (χ0) is 16.7. The van der Waals surface area contributed by atoms with Gasteiger partial charge in [0.15, 0.2) is 0 Å². The van der Waals surface area contributed by atoms with E-state index in [2.05, 4.69) is 25.4 Å². The van der Waals surface area contributed by atoms with E-state index in [1.54, 1.807) is 22.7 Å². The second kappa shape index (κ2) is 5.81. The minimum absolute atomic E-state index is 0.158. The van der Waals surface area contributed by atoms with Gasteiger partial charge in [-0.1, -0.05) is 0 Å². The van der Waals surface area contributed by atoms with Gasteiger partial charge < -0.3 is 5.32 Å². The summed E-state index contributed by atoms with van der Waals surface area (Å²) in [5, 5.41) is 9.54. The number of hydrogen-bond acceptors (Lipinski definition) is 6. The number of aromatic nitrogens is 5. The van der Waals surface area contributed by atoms with Gasteiger partial charge in [-0.3, -0.25) is 0 Å². The van der Waals surface area contributed by atoms with Gasteiger partial charge in [0.05, 0.1) is 5.69 Å². The van der Waals surface area contributed by atoms with Gasteiger partial charge in [-0.15, -0.1) is 16.4 Å². The van der Waals surface area contributed by atoms with E-state index in [4.69, 9.17) is 11.6 Å². The van der Waals surface area contributed by atoms with Gasteiger partial charge in [0.25, 0.3) is 0 Å². The van der Waals surface area contributed by atoms with Crippen LogP contribution >= 0.6 is 22.9 Å². The van der Waals surface area contributed by atoms with Crippen molar-refractivity contribution in [1.29, 1.82) is 0 Å². The van der Waals surface area contributed by atoms with Crippen LogP contribution in [0.15, 0.2) is 35.7 Å². The van der Waals surface area contributed by atoms with E-state index in [9.17, 15) is 4.39 Å². The van der Waals surface area contributed by atoms with Gasteiger partial charge in [-0.25, -0.2) is 18.9 Å². The Kier molecular flexibility index (Phi) is 3.62. The number of hydrogen-bond donors (Lipinski definition) is 1. The molecule has 3 heterocycles. The summed E-state index contributed by atoms with van der Waals surface area (Å²) < 4.78 is 14.8. The van der Waals surface area contributed by atoms with E-state index >= 15 is 0 Å². The van der Waals surface area contributed by atoms with Crippen molar-refractivity contribution in [3.8, 4) is 11.3 Å². The third-order valence-electron chi connectivity index (χ3n) is 3.29. The van der Waals surface area contributed by atoms with Gasteiger partial charge in [-0.2, -0.15) is 4.98 Å². The maximum atomic E-state index is 13.1. The molecule has 24 heavy (non-hydrogen) atoms. The van der Waals surface area contributed by atoms with E-state index in [-0.39, 0.29) is 11.1 Å². The Hall–Kier alpha value is -2.58. The Morgan fingerprint density at radius 2 is 1.96 bits per heavy atom. The van der Waals surface area contributed by atoms with Crippen molar-refractivity contribution in [2.45, 2.75) is 6.92 Å². The lowest BCUT2D eigenvalue weighted by atomic mass is 10.2. The van der Waals surface area contributed by atoms with Crippen LogP contribution in [0.2, 0.25) is 5.28 Å². The molecule has 6 nitrogen and oxygen atoms in total. The van der Waals surface area contributed by atoms with Crippen LogP contribution in [0.1, 0.15) is 5.69 Å². The molecule has 3 aromatic heterocycles. The predicted octanol–water partition coefficient (Wildman–Crippen LogP) is 4.09. The number of aryl methyl sites for hydroxylation is 1. The van der Waals surface area contributed by atoms with Crippen molar-refractivity contribution >= 4 is 39.7 Å². The molecule has 1 N–H and O–H groups in total. The monoisotopic (exact) mass is 360 g/mol. The van der Waals surface area contributed by atoms with Crippen molar-refractivity contribution < 1.29 is 4.39 Å². The van der Waals surface area contributed by atoms with Crippen LogP contribution in [0.4, 0.5) is 16.2 Å². The summed E-state index contributed by atoms with van der Waals surface area (Å²) in [6.45, 7) is 1.82. The number of nitrogens with one attached hydrogen (secondary N) is 1. The Morgan fingerprint density at radius 1 is 1.17 bits per heavy atom. The maximum Gasteiger partial charge on any atom is 0.249 e. The van der Waals surface area contributed by atoms with E-state index < -0.39 is 0 Å². The van der Waals surface area contributed by atoms with Crippen LogP contribution in [0.25, 0.3) is 16.2 Å². The molecule has 0 aliphatic carbocycles. The molecular formula is C15H10ClFN6S. The molecule has 0 radical (unpaired) electrons. The molecule has 9 heteroatoms. The van der Waals surface area contributed by atoms with Gasteiger partial charge >= 0.3 is 0 Å². The molecule has 1 aromatic carbocycles. The molecule has 0 unspecified atom stereocenters. The normalized spacial score (nSPS) is 11.1. The van der Waals surface area contributed by atoms with Crippen LogP contribution < -0.4 is 5.32 Å². The summed E-state index contributed by atoms with van der Waals surface area (Å²) in [7, 11) is 0. The van der Waals surface area contributed by atoms with Crippen molar-refractivity contribution in [2.75, 3.05) is 5.32 Å². The molecule has 0 amide bonds. The first kappa shape index (κ1) is 15.0. The van der Waals surface area contributed by atoms with Crippen molar-refractivity contribution in [1.82, 2.24) is 24.6 Å². The Morgan fingerprint density at radius 3 is 2.71 bits per heavy atom. The first-order chi connectivity index (χ1) is 11.6. The average molecular weight is 361 g/mol. The highest BCUT2D eigenvalue weighted by Gasteiger charge is 2.12. The van der Waals surface area contributed by atoms with Gasteiger partial charge in [0.2, 0.25) is 16.2 Å². The molecular weight excluding hydrogens is 351 g/mol. The lowest BCUT2D eigenvalue weighted by Crippen LogP contribution is -1.99. The van der Waals surface area contributed by atoms with Gasteiger partial charge in [0.1, 0.15) is 11.6 Å². The first-order valence-corrected chi connectivity index (χ1v) is 8.23. The molecule has 0 spiro atoms. The van der Waals surface area contributed by atoms with E-state index in [1.807, 2.05) is 12.3 Å². The number of fused-ring (bicyclic) bond motifs is 1. The molecule has 4 rings (SSSR count). The van der Waals surface area contributed by atoms with Crippen LogP contribution in [0.5, 0.6) is 0 Å². The first-order valence-electron chi connectivity index (χ1n) is 6.97. The highest BCUT2D eigenvalue weighted by molar-refractivity contribution is 7.15.